The predicted octanol–water partition coefficient (Wildman–Crippen LogP) is 7.02. The molecule has 1 fully saturated rings. The molecule has 1 aliphatic carbocycles. The second-order valence-electron chi connectivity index (χ2n) is 9.04. The van der Waals surface area contributed by atoms with Crippen molar-refractivity contribution >= 4 is 36.3 Å². The lowest BCUT2D eigenvalue weighted by Crippen LogP contribution is -2.11. The molecule has 0 bridgehead atoms. The zero-order valence-corrected chi connectivity index (χ0v) is 22.3. The van der Waals surface area contributed by atoms with Crippen molar-refractivity contribution in [3.8, 4) is 22.9 Å². The lowest BCUT2D eigenvalue weighted by molar-refractivity contribution is 0.255. The standard InChI is InChI=1S/C28H30ClN2O4P/c1-4-33-36(34-5-2)25-14-21(11-6-18(25)3)35-26-16-24-23(30-26)15-22(29)27(31-24)19-7-9-20(10-8-19)28(17-32)12-13-28/h6-11,14-16,30,32H,4-5,12-13,17H2,1-3H3. The number of hydrogen-bond acceptors (Lipinski definition) is 5. The highest BCUT2D eigenvalue weighted by Crippen LogP contribution is 2.48. The number of nitrogens with one attached hydrogen (secondary N) is 1. The average molecular weight is 525 g/mol. The molecule has 6 nitrogen and oxygen atoms in total. The van der Waals surface area contributed by atoms with E-state index in [2.05, 4.69) is 17.1 Å². The molecular weight excluding hydrogens is 495 g/mol. The minimum absolute atomic E-state index is 0.0606. The van der Waals surface area contributed by atoms with Crippen molar-refractivity contribution < 1.29 is 18.9 Å². The number of aliphatic hydroxyl groups is 1. The third kappa shape index (κ3) is 5.02. The summed E-state index contributed by atoms with van der Waals surface area (Å²) in [6.45, 7) is 7.33. The second kappa shape index (κ2) is 10.5. The number of aromatic nitrogens is 2. The van der Waals surface area contributed by atoms with E-state index < -0.39 is 8.38 Å². The molecule has 0 spiro atoms. The molecule has 1 saturated carbocycles. The van der Waals surface area contributed by atoms with Crippen molar-refractivity contribution in [1.82, 2.24) is 9.97 Å². The Hall–Kier alpha value is -2.47. The van der Waals surface area contributed by atoms with Crippen molar-refractivity contribution in [2.75, 3.05) is 19.8 Å². The van der Waals surface area contributed by atoms with Crippen molar-refractivity contribution in [1.29, 1.82) is 0 Å². The molecule has 0 aliphatic heterocycles. The van der Waals surface area contributed by atoms with Gasteiger partial charge in [0.2, 0.25) is 8.38 Å². The third-order valence-corrected chi connectivity index (χ3v) is 8.70. The number of hydrogen-bond donors (Lipinski definition) is 2. The van der Waals surface area contributed by atoms with E-state index in [-0.39, 0.29) is 12.0 Å². The average Bonchev–Trinajstić information content (AvgIpc) is 3.59. The maximum absolute atomic E-state index is 9.71. The first-order chi connectivity index (χ1) is 17.5. The van der Waals surface area contributed by atoms with Crippen LogP contribution >= 0.6 is 20.0 Å². The molecule has 0 radical (unpaired) electrons. The van der Waals surface area contributed by atoms with Crippen LogP contribution in [-0.2, 0) is 14.5 Å². The molecule has 4 aromatic rings. The molecule has 188 valence electrons. The van der Waals surface area contributed by atoms with E-state index in [1.54, 1.807) is 0 Å². The number of aryl methyl sites for hydroxylation is 1. The van der Waals surface area contributed by atoms with E-state index >= 15 is 0 Å². The topological polar surface area (TPSA) is 76.6 Å². The maximum atomic E-state index is 9.71. The maximum Gasteiger partial charge on any atom is 0.205 e. The van der Waals surface area contributed by atoms with E-state index in [0.29, 0.717) is 35.6 Å². The number of fused-ring (bicyclic) bond motifs is 1. The lowest BCUT2D eigenvalue weighted by atomic mass is 9.95. The van der Waals surface area contributed by atoms with Crippen LogP contribution in [0.5, 0.6) is 11.6 Å². The molecule has 0 unspecified atom stereocenters. The Bertz CT molecular complexity index is 1360. The number of aromatic amines is 1. The Labute approximate surface area is 217 Å². The molecule has 5 rings (SSSR count). The smallest absolute Gasteiger partial charge is 0.205 e. The first-order valence-electron chi connectivity index (χ1n) is 12.2. The monoisotopic (exact) mass is 524 g/mol. The summed E-state index contributed by atoms with van der Waals surface area (Å²) in [5, 5.41) is 11.3. The van der Waals surface area contributed by atoms with Crippen LogP contribution in [-0.4, -0.2) is 34.9 Å². The van der Waals surface area contributed by atoms with Crippen molar-refractivity contribution in [3.05, 3.63) is 70.7 Å². The highest BCUT2D eigenvalue weighted by molar-refractivity contribution is 7.56. The Kier molecular flexibility index (Phi) is 7.34. The summed E-state index contributed by atoms with van der Waals surface area (Å²) in [5.41, 5.74) is 5.42. The number of pyridine rings is 1. The number of ether oxygens (including phenoxy) is 1. The summed E-state index contributed by atoms with van der Waals surface area (Å²) in [7, 11) is -1.16. The van der Waals surface area contributed by atoms with Gasteiger partial charge in [0, 0.05) is 22.3 Å². The zero-order valence-electron chi connectivity index (χ0n) is 20.7. The van der Waals surface area contributed by atoms with Gasteiger partial charge in [0.05, 0.1) is 41.6 Å². The van der Waals surface area contributed by atoms with Crippen LogP contribution in [0, 0.1) is 6.92 Å². The molecule has 2 aromatic heterocycles. The minimum Gasteiger partial charge on any atom is -0.441 e. The highest BCUT2D eigenvalue weighted by atomic mass is 35.5. The molecule has 36 heavy (non-hydrogen) atoms. The largest absolute Gasteiger partial charge is 0.441 e. The van der Waals surface area contributed by atoms with E-state index in [0.717, 1.165) is 45.9 Å². The molecule has 2 aromatic carbocycles. The fourth-order valence-corrected chi connectivity index (χ4v) is 6.00. The highest BCUT2D eigenvalue weighted by Gasteiger charge is 2.43. The molecule has 2 heterocycles. The number of aliphatic hydroxyl groups excluding tert-OH is 1. The van der Waals surface area contributed by atoms with Crippen molar-refractivity contribution in [2.45, 2.75) is 39.0 Å². The SMILES string of the molecule is CCOP(OCC)c1cc(Oc2cc3nc(-c4ccc(C5(CO)CC5)cc4)c(Cl)cc3[nH]2)ccc1C. The lowest BCUT2D eigenvalue weighted by Gasteiger charge is -2.18. The summed E-state index contributed by atoms with van der Waals surface area (Å²) in [6.07, 6.45) is 2.06. The molecule has 0 amide bonds. The van der Waals surface area contributed by atoms with Gasteiger partial charge in [-0.15, -0.1) is 0 Å². The number of halogens is 1. The van der Waals surface area contributed by atoms with E-state index in [1.807, 2.05) is 63.2 Å². The predicted molar refractivity (Wildman–Crippen MR) is 146 cm³/mol. The number of nitrogens with zero attached hydrogens (tertiary/aromatic N) is 1. The fourth-order valence-electron chi connectivity index (χ4n) is 4.32. The summed E-state index contributed by atoms with van der Waals surface area (Å²) >= 11 is 6.62. The molecule has 2 N–H and O–H groups in total. The minimum atomic E-state index is -1.16. The van der Waals surface area contributed by atoms with Gasteiger partial charge in [-0.05, 0) is 62.9 Å². The summed E-state index contributed by atoms with van der Waals surface area (Å²) < 4.78 is 17.9. The van der Waals surface area contributed by atoms with Gasteiger partial charge < -0.3 is 23.9 Å². The van der Waals surface area contributed by atoms with Crippen LogP contribution in [0.1, 0.15) is 37.8 Å². The number of rotatable bonds is 10. The number of benzene rings is 2. The molecule has 8 heteroatoms. The van der Waals surface area contributed by atoms with Crippen LogP contribution in [0.2, 0.25) is 5.02 Å². The molecule has 0 atom stereocenters. The first kappa shape index (κ1) is 25.2. The van der Waals surface area contributed by atoms with Gasteiger partial charge in [0.25, 0.3) is 0 Å². The van der Waals surface area contributed by atoms with Gasteiger partial charge >= 0.3 is 0 Å². The van der Waals surface area contributed by atoms with Crippen molar-refractivity contribution in [3.63, 3.8) is 0 Å². The Morgan fingerprint density at radius 1 is 1.03 bits per heavy atom. The normalized spacial score (nSPS) is 14.5. The fraction of sp³-hybridized carbons (Fsp3) is 0.321. The van der Waals surface area contributed by atoms with Crippen LogP contribution < -0.4 is 10.0 Å². The van der Waals surface area contributed by atoms with Crippen LogP contribution in [0.15, 0.2) is 54.6 Å². The van der Waals surface area contributed by atoms with Gasteiger partial charge in [-0.25, -0.2) is 4.98 Å². The van der Waals surface area contributed by atoms with Crippen molar-refractivity contribution in [2.24, 2.45) is 0 Å². The summed E-state index contributed by atoms with van der Waals surface area (Å²) in [6, 6.07) is 17.9. The summed E-state index contributed by atoms with van der Waals surface area (Å²) in [4.78, 5) is 8.08. The van der Waals surface area contributed by atoms with E-state index in [4.69, 9.17) is 30.4 Å². The van der Waals surface area contributed by atoms with Crippen LogP contribution in [0.4, 0.5) is 0 Å². The Balaban J connectivity index is 1.40. The van der Waals surface area contributed by atoms with E-state index in [9.17, 15) is 5.11 Å². The zero-order chi connectivity index (χ0) is 25.3. The van der Waals surface area contributed by atoms with Gasteiger partial charge in [-0.1, -0.05) is 41.9 Å². The Morgan fingerprint density at radius 3 is 2.39 bits per heavy atom. The molecule has 0 saturated heterocycles. The number of H-pyrrole nitrogens is 1. The molecule has 1 aliphatic rings. The van der Waals surface area contributed by atoms with Gasteiger partial charge in [0.15, 0.2) is 5.88 Å². The van der Waals surface area contributed by atoms with Gasteiger partial charge in [-0.3, -0.25) is 0 Å². The quantitative estimate of drug-likeness (QED) is 0.218. The first-order valence-corrected chi connectivity index (χ1v) is 13.8. The second-order valence-corrected chi connectivity index (χ2v) is 11.0. The Morgan fingerprint density at radius 2 is 1.75 bits per heavy atom. The van der Waals surface area contributed by atoms with Crippen LogP contribution in [0.25, 0.3) is 22.3 Å². The summed E-state index contributed by atoms with van der Waals surface area (Å²) in [5.74, 6) is 1.26. The van der Waals surface area contributed by atoms with Crippen LogP contribution in [0.3, 0.4) is 0 Å². The van der Waals surface area contributed by atoms with E-state index in [1.165, 1.54) is 0 Å². The molecular formula is C28H30ClN2O4P. The van der Waals surface area contributed by atoms with Gasteiger partial charge in [-0.2, -0.15) is 0 Å². The van der Waals surface area contributed by atoms with Gasteiger partial charge in [0.1, 0.15) is 5.75 Å². The third-order valence-electron chi connectivity index (χ3n) is 6.56.